The van der Waals surface area contributed by atoms with Gasteiger partial charge in [-0.2, -0.15) is 0 Å². The lowest BCUT2D eigenvalue weighted by Crippen LogP contribution is -2.41. The van der Waals surface area contributed by atoms with Crippen molar-refractivity contribution in [3.63, 3.8) is 0 Å². The van der Waals surface area contributed by atoms with Gasteiger partial charge in [0, 0.05) is 37.3 Å². The van der Waals surface area contributed by atoms with Crippen molar-refractivity contribution in [3.05, 3.63) is 69.1 Å². The third-order valence-electron chi connectivity index (χ3n) is 4.82. The fourth-order valence-electron chi connectivity index (χ4n) is 3.14. The maximum absolute atomic E-state index is 12.3. The number of hydrogen-bond acceptors (Lipinski definition) is 5. The molecule has 0 atom stereocenters. The zero-order valence-electron chi connectivity index (χ0n) is 15.5. The number of benzene rings is 1. The Morgan fingerprint density at radius 2 is 2.07 bits per heavy atom. The van der Waals surface area contributed by atoms with E-state index in [4.69, 9.17) is 16.0 Å². The van der Waals surface area contributed by atoms with Crippen molar-refractivity contribution in [2.75, 3.05) is 19.6 Å². The first-order valence-electron chi connectivity index (χ1n) is 9.16. The molecule has 0 spiro atoms. The van der Waals surface area contributed by atoms with Gasteiger partial charge in [-0.25, -0.2) is 0 Å². The van der Waals surface area contributed by atoms with Crippen molar-refractivity contribution in [3.8, 4) is 0 Å². The molecular weight excluding hydrogens is 398 g/mol. The van der Waals surface area contributed by atoms with Gasteiger partial charge in [-0.1, -0.05) is 11.6 Å². The number of piperidine rings is 1. The summed E-state index contributed by atoms with van der Waals surface area (Å²) in [5.41, 5.74) is -0.106. The molecule has 152 valence electrons. The third-order valence-corrected chi connectivity index (χ3v) is 5.14. The summed E-state index contributed by atoms with van der Waals surface area (Å²) in [7, 11) is 0. The summed E-state index contributed by atoms with van der Waals surface area (Å²) in [6, 6.07) is 7.50. The molecule has 8 nitrogen and oxygen atoms in total. The van der Waals surface area contributed by atoms with Crippen LogP contribution in [-0.4, -0.2) is 41.3 Å². The number of likely N-dealkylation sites (tertiary alicyclic amines) is 1. The number of rotatable bonds is 6. The minimum Gasteiger partial charge on any atom is -0.465 e. The smallest absolute Gasteiger partial charge is 0.288 e. The normalized spacial score (nSPS) is 14.9. The van der Waals surface area contributed by atoms with Gasteiger partial charge in [0.1, 0.15) is 10.8 Å². The molecule has 1 aliphatic rings. The van der Waals surface area contributed by atoms with E-state index in [1.165, 1.54) is 24.3 Å². The molecule has 1 aromatic carbocycles. The number of carbonyl (C=O) groups excluding carboxylic acids is 2. The molecule has 2 amide bonds. The summed E-state index contributed by atoms with van der Waals surface area (Å²) in [5.74, 6) is 0.403. The molecule has 3 rings (SSSR count). The molecule has 0 aliphatic carbocycles. The number of amides is 2. The van der Waals surface area contributed by atoms with Gasteiger partial charge >= 0.3 is 0 Å². The maximum Gasteiger partial charge on any atom is 0.288 e. The molecule has 0 radical (unpaired) electrons. The van der Waals surface area contributed by atoms with Crippen LogP contribution >= 0.6 is 11.6 Å². The Morgan fingerprint density at radius 1 is 1.31 bits per heavy atom. The predicted molar refractivity (Wildman–Crippen MR) is 107 cm³/mol. The van der Waals surface area contributed by atoms with E-state index in [1.807, 2.05) is 0 Å². The van der Waals surface area contributed by atoms with Crippen LogP contribution in [0.3, 0.4) is 0 Å². The van der Waals surface area contributed by atoms with Crippen molar-refractivity contribution < 1.29 is 18.9 Å². The first-order valence-corrected chi connectivity index (χ1v) is 9.54. The van der Waals surface area contributed by atoms with Crippen LogP contribution in [0.15, 0.2) is 47.1 Å². The predicted octanol–water partition coefficient (Wildman–Crippen LogP) is 3.52. The van der Waals surface area contributed by atoms with Gasteiger partial charge < -0.3 is 14.6 Å². The molecule has 1 N–H and O–H groups in total. The van der Waals surface area contributed by atoms with Crippen molar-refractivity contribution >= 4 is 35.2 Å². The van der Waals surface area contributed by atoms with Gasteiger partial charge in [-0.05, 0) is 49.1 Å². The van der Waals surface area contributed by atoms with E-state index in [0.29, 0.717) is 25.4 Å². The SMILES string of the molecule is O=C(NCC1CCN(C(=O)/C=C/c2ccco2)CC1)c1ccc(Cl)c([N+](=O)[O-])c1. The molecule has 1 fully saturated rings. The summed E-state index contributed by atoms with van der Waals surface area (Å²) in [6.45, 7) is 1.65. The Morgan fingerprint density at radius 3 is 2.72 bits per heavy atom. The minimum atomic E-state index is -0.619. The van der Waals surface area contributed by atoms with E-state index in [2.05, 4.69) is 5.32 Å². The number of furan rings is 1. The fraction of sp³-hybridized carbons (Fsp3) is 0.300. The molecule has 0 bridgehead atoms. The Kier molecular flexibility index (Phi) is 6.66. The van der Waals surface area contributed by atoms with E-state index in [0.717, 1.165) is 12.8 Å². The molecule has 1 aliphatic heterocycles. The third kappa shape index (κ3) is 5.45. The number of hydrogen-bond donors (Lipinski definition) is 1. The molecule has 0 unspecified atom stereocenters. The summed E-state index contributed by atoms with van der Waals surface area (Å²) in [5, 5.41) is 13.7. The molecule has 29 heavy (non-hydrogen) atoms. The number of nitro benzene ring substituents is 1. The maximum atomic E-state index is 12.3. The second kappa shape index (κ2) is 9.38. The van der Waals surface area contributed by atoms with Crippen molar-refractivity contribution in [1.82, 2.24) is 10.2 Å². The highest BCUT2D eigenvalue weighted by atomic mass is 35.5. The van der Waals surface area contributed by atoms with Crippen LogP contribution in [0.4, 0.5) is 5.69 Å². The van der Waals surface area contributed by atoms with Gasteiger partial charge in [0.05, 0.1) is 11.2 Å². The van der Waals surface area contributed by atoms with Gasteiger partial charge in [0.2, 0.25) is 5.91 Å². The van der Waals surface area contributed by atoms with Gasteiger partial charge in [-0.15, -0.1) is 0 Å². The zero-order chi connectivity index (χ0) is 20.8. The van der Waals surface area contributed by atoms with Crippen LogP contribution in [0.2, 0.25) is 5.02 Å². The summed E-state index contributed by atoms with van der Waals surface area (Å²) >= 11 is 5.77. The lowest BCUT2D eigenvalue weighted by Gasteiger charge is -2.31. The van der Waals surface area contributed by atoms with E-state index >= 15 is 0 Å². The van der Waals surface area contributed by atoms with Crippen LogP contribution in [0, 0.1) is 16.0 Å². The van der Waals surface area contributed by atoms with E-state index in [1.54, 1.807) is 29.4 Å². The second-order valence-electron chi connectivity index (χ2n) is 6.75. The highest BCUT2D eigenvalue weighted by Crippen LogP contribution is 2.25. The number of nitrogens with zero attached hydrogens (tertiary/aromatic N) is 2. The van der Waals surface area contributed by atoms with Crippen LogP contribution in [0.5, 0.6) is 0 Å². The largest absolute Gasteiger partial charge is 0.465 e. The Bertz CT molecular complexity index is 918. The lowest BCUT2D eigenvalue weighted by molar-refractivity contribution is -0.384. The molecule has 0 saturated carbocycles. The fourth-order valence-corrected chi connectivity index (χ4v) is 3.32. The lowest BCUT2D eigenvalue weighted by atomic mass is 9.96. The average Bonchev–Trinajstić information content (AvgIpc) is 3.24. The summed E-state index contributed by atoms with van der Waals surface area (Å²) in [4.78, 5) is 36.6. The molecular formula is C20H20ClN3O5. The van der Waals surface area contributed by atoms with Crippen molar-refractivity contribution in [1.29, 1.82) is 0 Å². The monoisotopic (exact) mass is 417 g/mol. The highest BCUT2D eigenvalue weighted by molar-refractivity contribution is 6.32. The molecule has 1 saturated heterocycles. The standard InChI is InChI=1S/C20H20ClN3O5/c21-17-5-3-15(12-18(17)24(27)28)20(26)22-13-14-7-9-23(10-8-14)19(25)6-4-16-2-1-11-29-16/h1-6,11-12,14H,7-10,13H2,(H,22,26)/b6-4+. The topological polar surface area (TPSA) is 106 Å². The molecule has 9 heteroatoms. The van der Waals surface area contributed by atoms with Crippen LogP contribution in [-0.2, 0) is 4.79 Å². The van der Waals surface area contributed by atoms with Gasteiger partial charge in [0.15, 0.2) is 0 Å². The number of halogens is 1. The molecule has 2 heterocycles. The first-order chi connectivity index (χ1) is 13.9. The summed E-state index contributed by atoms with van der Waals surface area (Å²) < 4.78 is 5.16. The quantitative estimate of drug-likeness (QED) is 0.439. The molecule has 1 aromatic heterocycles. The first kappa shape index (κ1) is 20.6. The number of nitrogens with one attached hydrogen (secondary N) is 1. The van der Waals surface area contributed by atoms with E-state index < -0.39 is 4.92 Å². The number of nitro groups is 1. The van der Waals surface area contributed by atoms with E-state index in [-0.39, 0.29) is 34.0 Å². The van der Waals surface area contributed by atoms with Crippen molar-refractivity contribution in [2.45, 2.75) is 12.8 Å². The minimum absolute atomic E-state index is 0.00955. The van der Waals surface area contributed by atoms with Crippen molar-refractivity contribution in [2.24, 2.45) is 5.92 Å². The van der Waals surface area contributed by atoms with E-state index in [9.17, 15) is 19.7 Å². The zero-order valence-corrected chi connectivity index (χ0v) is 16.3. The highest BCUT2D eigenvalue weighted by Gasteiger charge is 2.23. The average molecular weight is 418 g/mol. The Hall–Kier alpha value is -3.13. The summed E-state index contributed by atoms with van der Waals surface area (Å²) in [6.07, 6.45) is 6.21. The van der Waals surface area contributed by atoms with Gasteiger partial charge in [0.25, 0.3) is 11.6 Å². The van der Waals surface area contributed by atoms with Crippen LogP contribution < -0.4 is 5.32 Å². The molecule has 2 aromatic rings. The Labute approximate surface area is 172 Å². The second-order valence-corrected chi connectivity index (χ2v) is 7.16. The number of carbonyl (C=O) groups is 2. The van der Waals surface area contributed by atoms with Gasteiger partial charge in [-0.3, -0.25) is 19.7 Å². The Balaban J connectivity index is 1.46. The van der Waals surface area contributed by atoms with Crippen LogP contribution in [0.25, 0.3) is 6.08 Å². The van der Waals surface area contributed by atoms with Crippen LogP contribution in [0.1, 0.15) is 29.0 Å².